The highest BCUT2D eigenvalue weighted by Gasteiger charge is 2.68. The summed E-state index contributed by atoms with van der Waals surface area (Å²) in [5.74, 6) is -0.0479. The lowest BCUT2D eigenvalue weighted by molar-refractivity contribution is -0.182. The second-order valence-electron chi connectivity index (χ2n) is 9.90. The minimum atomic E-state index is -1.55. The zero-order chi connectivity index (χ0) is 19.6. The van der Waals surface area contributed by atoms with Gasteiger partial charge in [0.1, 0.15) is 18.5 Å². The average Bonchev–Trinajstić information content (AvgIpc) is 2.91. The molecule has 3 fully saturated rings. The van der Waals surface area contributed by atoms with Crippen molar-refractivity contribution in [2.45, 2.75) is 76.9 Å². The average molecular weight is 376 g/mol. The fraction of sp³-hybridized carbons (Fsp3) is 0.818. The number of hydrogen-bond donors (Lipinski definition) is 3. The molecule has 0 bridgehead atoms. The molecule has 0 unspecified atom stereocenters. The van der Waals surface area contributed by atoms with E-state index >= 15 is 0 Å². The minimum Gasteiger partial charge on any atom is -0.393 e. The smallest absolute Gasteiger partial charge is 0.190 e. The van der Waals surface area contributed by atoms with Crippen LogP contribution >= 0.6 is 0 Å². The molecule has 0 spiro atoms. The van der Waals surface area contributed by atoms with Crippen LogP contribution < -0.4 is 0 Å². The van der Waals surface area contributed by atoms with E-state index in [1.165, 1.54) is 5.57 Å². The SMILES string of the molecule is C[C@]12CCCC(C=O)=C1CC[C@@H]1[C@@H]2[C@@H](O)C[C@@]2(C)[C@H]1CC[C@]2(O)C(=O)CO. The number of carbonyl (C=O) groups is 2. The molecule has 5 heteroatoms. The summed E-state index contributed by atoms with van der Waals surface area (Å²) in [5.41, 5.74) is -0.239. The zero-order valence-corrected chi connectivity index (χ0v) is 16.4. The Balaban J connectivity index is 1.75. The first-order chi connectivity index (χ1) is 12.7. The van der Waals surface area contributed by atoms with E-state index in [0.717, 1.165) is 50.4 Å². The highest BCUT2D eigenvalue weighted by Crippen LogP contribution is 2.68. The Morgan fingerprint density at radius 3 is 2.63 bits per heavy atom. The minimum absolute atomic E-state index is 0.0705. The topological polar surface area (TPSA) is 94.8 Å². The van der Waals surface area contributed by atoms with Crippen LogP contribution in [0.1, 0.15) is 65.2 Å². The molecule has 0 radical (unpaired) electrons. The number of aliphatic hydroxyl groups excluding tert-OH is 2. The normalized spacial score (nSPS) is 49.2. The Kier molecular flexibility index (Phi) is 4.45. The lowest BCUT2D eigenvalue weighted by Gasteiger charge is -2.60. The van der Waals surface area contributed by atoms with Crippen LogP contribution in [0, 0.1) is 28.6 Å². The van der Waals surface area contributed by atoms with E-state index in [9.17, 15) is 24.9 Å². The van der Waals surface area contributed by atoms with Crippen molar-refractivity contribution in [3.8, 4) is 0 Å². The van der Waals surface area contributed by atoms with Crippen LogP contribution in [0.4, 0.5) is 0 Å². The van der Waals surface area contributed by atoms with Gasteiger partial charge in [0.15, 0.2) is 5.78 Å². The Labute approximate surface area is 160 Å². The molecule has 3 saturated carbocycles. The molecule has 0 aromatic carbocycles. The molecule has 0 heterocycles. The summed E-state index contributed by atoms with van der Waals surface area (Å²) in [4.78, 5) is 24.0. The van der Waals surface area contributed by atoms with Gasteiger partial charge in [-0.1, -0.05) is 19.4 Å². The predicted octanol–water partition coefficient (Wildman–Crippen LogP) is 2.17. The van der Waals surface area contributed by atoms with Crippen LogP contribution in [0.3, 0.4) is 0 Å². The van der Waals surface area contributed by atoms with Gasteiger partial charge in [0, 0.05) is 5.41 Å². The van der Waals surface area contributed by atoms with Crippen LogP contribution in [0.15, 0.2) is 11.1 Å². The number of ketones is 1. The lowest BCUT2D eigenvalue weighted by atomic mass is 9.45. The lowest BCUT2D eigenvalue weighted by Crippen LogP contribution is -2.62. The molecule has 5 nitrogen and oxygen atoms in total. The Morgan fingerprint density at radius 2 is 1.96 bits per heavy atom. The Morgan fingerprint density at radius 1 is 1.22 bits per heavy atom. The fourth-order valence-electron chi connectivity index (χ4n) is 7.82. The molecule has 27 heavy (non-hydrogen) atoms. The molecule has 4 aliphatic rings. The van der Waals surface area contributed by atoms with E-state index in [4.69, 9.17) is 0 Å². The second kappa shape index (κ2) is 6.23. The summed E-state index contributed by atoms with van der Waals surface area (Å²) < 4.78 is 0. The van der Waals surface area contributed by atoms with E-state index in [0.29, 0.717) is 12.8 Å². The highest BCUT2D eigenvalue weighted by atomic mass is 16.3. The summed E-state index contributed by atoms with van der Waals surface area (Å²) >= 11 is 0. The van der Waals surface area contributed by atoms with E-state index in [2.05, 4.69) is 6.92 Å². The summed E-state index contributed by atoms with van der Waals surface area (Å²) in [6.07, 6.45) is 6.46. The van der Waals surface area contributed by atoms with Crippen LogP contribution in [0.2, 0.25) is 0 Å². The molecule has 0 amide bonds. The van der Waals surface area contributed by atoms with E-state index in [1.807, 2.05) is 6.92 Å². The number of Topliss-reactive ketones (excluding diaryl/α,β-unsaturated/α-hetero) is 1. The first kappa shape index (κ1) is 19.3. The molecule has 0 saturated heterocycles. The number of hydrogen-bond acceptors (Lipinski definition) is 5. The number of allylic oxidation sites excluding steroid dienone is 2. The maximum absolute atomic E-state index is 12.4. The van der Waals surface area contributed by atoms with Gasteiger partial charge in [-0.15, -0.1) is 0 Å². The summed E-state index contributed by atoms with van der Waals surface area (Å²) in [5, 5.41) is 31.9. The van der Waals surface area contributed by atoms with Gasteiger partial charge in [-0.25, -0.2) is 0 Å². The number of aldehydes is 1. The number of fused-ring (bicyclic) bond motifs is 5. The second-order valence-corrected chi connectivity index (χ2v) is 9.90. The molecule has 4 rings (SSSR count). The van der Waals surface area contributed by atoms with Gasteiger partial charge in [-0.2, -0.15) is 0 Å². The third kappa shape index (κ3) is 2.34. The Bertz CT molecular complexity index is 699. The molecule has 0 aliphatic heterocycles. The number of rotatable bonds is 3. The van der Waals surface area contributed by atoms with Crippen LogP contribution in [0.5, 0.6) is 0 Å². The van der Waals surface area contributed by atoms with Gasteiger partial charge < -0.3 is 15.3 Å². The van der Waals surface area contributed by atoms with Crippen molar-refractivity contribution in [1.29, 1.82) is 0 Å². The van der Waals surface area contributed by atoms with Gasteiger partial charge >= 0.3 is 0 Å². The van der Waals surface area contributed by atoms with Crippen molar-refractivity contribution < 1.29 is 24.9 Å². The van der Waals surface area contributed by atoms with Crippen molar-refractivity contribution in [1.82, 2.24) is 0 Å². The molecule has 0 aromatic heterocycles. The van der Waals surface area contributed by atoms with Crippen molar-refractivity contribution in [2.24, 2.45) is 28.6 Å². The first-order valence-electron chi connectivity index (χ1n) is 10.4. The predicted molar refractivity (Wildman–Crippen MR) is 99.8 cm³/mol. The van der Waals surface area contributed by atoms with Gasteiger partial charge in [0.05, 0.1) is 6.10 Å². The zero-order valence-electron chi connectivity index (χ0n) is 16.4. The summed E-state index contributed by atoms with van der Waals surface area (Å²) in [7, 11) is 0. The molecular formula is C22H32O5. The van der Waals surface area contributed by atoms with E-state index in [1.54, 1.807) is 0 Å². The van der Waals surface area contributed by atoms with Crippen molar-refractivity contribution in [2.75, 3.05) is 6.61 Å². The third-order valence-electron chi connectivity index (χ3n) is 9.04. The van der Waals surface area contributed by atoms with Crippen LogP contribution in [-0.2, 0) is 9.59 Å². The summed E-state index contributed by atoms with van der Waals surface area (Å²) in [6, 6.07) is 0. The molecule has 0 aromatic rings. The van der Waals surface area contributed by atoms with Gasteiger partial charge in [0.25, 0.3) is 0 Å². The van der Waals surface area contributed by atoms with Gasteiger partial charge in [-0.3, -0.25) is 9.59 Å². The standard InChI is InChI=1S/C22H32O5/c1-20-8-3-4-13(11-23)15(20)6-5-14-16-7-9-22(27,18(26)12-24)21(16,2)10-17(25)19(14)20/h11,14,16-17,19,24-25,27H,3-10,12H2,1-2H3/t14-,16-,17-,19+,20-,21-,22-/m0/s1. The Hall–Kier alpha value is -1.04. The molecular weight excluding hydrogens is 344 g/mol. The monoisotopic (exact) mass is 376 g/mol. The molecule has 7 atom stereocenters. The number of carbonyl (C=O) groups excluding carboxylic acids is 2. The molecule has 3 N–H and O–H groups in total. The van der Waals surface area contributed by atoms with E-state index < -0.39 is 29.5 Å². The first-order valence-corrected chi connectivity index (χ1v) is 10.4. The van der Waals surface area contributed by atoms with Crippen molar-refractivity contribution in [3.05, 3.63) is 11.1 Å². The largest absolute Gasteiger partial charge is 0.393 e. The molecule has 150 valence electrons. The maximum Gasteiger partial charge on any atom is 0.190 e. The van der Waals surface area contributed by atoms with Gasteiger partial charge in [0.2, 0.25) is 0 Å². The van der Waals surface area contributed by atoms with Crippen molar-refractivity contribution in [3.63, 3.8) is 0 Å². The number of aliphatic hydroxyl groups is 3. The molecule has 4 aliphatic carbocycles. The maximum atomic E-state index is 12.4. The summed E-state index contributed by atoms with van der Waals surface area (Å²) in [6.45, 7) is 3.49. The van der Waals surface area contributed by atoms with Crippen LogP contribution in [-0.4, -0.2) is 45.7 Å². The highest BCUT2D eigenvalue weighted by molar-refractivity contribution is 5.89. The van der Waals surface area contributed by atoms with Gasteiger partial charge in [-0.05, 0) is 80.1 Å². The fourth-order valence-corrected chi connectivity index (χ4v) is 7.82. The third-order valence-corrected chi connectivity index (χ3v) is 9.04. The van der Waals surface area contributed by atoms with E-state index in [-0.39, 0.29) is 23.2 Å². The quantitative estimate of drug-likeness (QED) is 0.656. The van der Waals surface area contributed by atoms with Crippen LogP contribution in [0.25, 0.3) is 0 Å². The van der Waals surface area contributed by atoms with Crippen molar-refractivity contribution >= 4 is 12.1 Å².